The van der Waals surface area contributed by atoms with E-state index in [1.807, 2.05) is 29.0 Å². The van der Waals surface area contributed by atoms with Crippen molar-refractivity contribution in [2.45, 2.75) is 59.9 Å². The molecule has 5 heteroatoms. The minimum Gasteiger partial charge on any atom is -0.395 e. The molecule has 1 unspecified atom stereocenters. The van der Waals surface area contributed by atoms with Crippen molar-refractivity contribution in [1.82, 2.24) is 9.88 Å². The van der Waals surface area contributed by atoms with Crippen LogP contribution in [0.15, 0.2) is 24.4 Å². The van der Waals surface area contributed by atoms with Crippen LogP contribution in [0, 0.1) is 11.3 Å². The highest BCUT2D eigenvalue weighted by Gasteiger charge is 2.29. The minimum absolute atomic E-state index is 0.0251. The molecule has 2 N–H and O–H groups in total. The molecule has 0 saturated heterocycles. The van der Waals surface area contributed by atoms with Crippen molar-refractivity contribution >= 4 is 28.4 Å². The first-order valence-electron chi connectivity index (χ1n) is 10.0. The number of nitrogens with zero attached hydrogens (tertiary/aromatic N) is 1. The maximum Gasteiger partial charge on any atom is 0.253 e. The van der Waals surface area contributed by atoms with Gasteiger partial charge in [0.2, 0.25) is 0 Å². The quantitative estimate of drug-likeness (QED) is 0.579. The van der Waals surface area contributed by atoms with Crippen molar-refractivity contribution in [2.24, 2.45) is 11.3 Å². The second-order valence-electron chi connectivity index (χ2n) is 8.01. The third kappa shape index (κ3) is 5.26. The van der Waals surface area contributed by atoms with Crippen LogP contribution in [-0.4, -0.2) is 28.7 Å². The number of amides is 1. The van der Waals surface area contributed by atoms with Gasteiger partial charge < -0.3 is 15.0 Å². The van der Waals surface area contributed by atoms with Crippen LogP contribution in [0.3, 0.4) is 0 Å². The molecule has 150 valence electrons. The molecular formula is C22H33ClN2O2. The highest BCUT2D eigenvalue weighted by atomic mass is 35.5. The van der Waals surface area contributed by atoms with Crippen molar-refractivity contribution in [3.63, 3.8) is 0 Å². The van der Waals surface area contributed by atoms with E-state index in [9.17, 15) is 9.90 Å². The Hall–Kier alpha value is -1.52. The van der Waals surface area contributed by atoms with Crippen molar-refractivity contribution in [2.75, 3.05) is 13.2 Å². The first-order chi connectivity index (χ1) is 12.9. The Balaban J connectivity index is 2.27. The van der Waals surface area contributed by atoms with Crippen LogP contribution < -0.4 is 5.32 Å². The van der Waals surface area contributed by atoms with E-state index in [2.05, 4.69) is 33.0 Å². The molecule has 2 aromatic rings. The number of nitrogens with one attached hydrogen (secondary N) is 1. The summed E-state index contributed by atoms with van der Waals surface area (Å²) >= 11 is 6.16. The highest BCUT2D eigenvalue weighted by Crippen LogP contribution is 2.35. The average Bonchev–Trinajstić information content (AvgIpc) is 2.97. The Morgan fingerprint density at radius 2 is 2.07 bits per heavy atom. The zero-order valence-corrected chi connectivity index (χ0v) is 17.8. The van der Waals surface area contributed by atoms with E-state index in [0.29, 0.717) is 29.6 Å². The molecule has 0 fully saturated rings. The number of carbonyl (C=O) groups is 1. The summed E-state index contributed by atoms with van der Waals surface area (Å²) in [6.07, 6.45) is 6.21. The lowest BCUT2D eigenvalue weighted by Gasteiger charge is -2.34. The summed E-state index contributed by atoms with van der Waals surface area (Å²) in [5, 5.41) is 13.9. The molecule has 0 aliphatic rings. The van der Waals surface area contributed by atoms with Crippen LogP contribution in [0.25, 0.3) is 10.9 Å². The fraction of sp³-hybridized carbons (Fsp3) is 0.591. The molecule has 0 aliphatic carbocycles. The van der Waals surface area contributed by atoms with Gasteiger partial charge in [-0.25, -0.2) is 0 Å². The van der Waals surface area contributed by atoms with Crippen LogP contribution in [0.4, 0.5) is 0 Å². The number of benzene rings is 1. The topological polar surface area (TPSA) is 54.3 Å². The van der Waals surface area contributed by atoms with Crippen molar-refractivity contribution in [3.05, 3.63) is 35.0 Å². The number of aliphatic hydroxyl groups excluding tert-OH is 1. The SMILES string of the molecule is CCCC(CC)(CNC(=O)c1cn(CCO)c2ccc(Cl)cc12)CC(C)C. The molecule has 0 radical (unpaired) electrons. The van der Waals surface area contributed by atoms with E-state index in [1.54, 1.807) is 0 Å². The molecule has 0 spiro atoms. The Morgan fingerprint density at radius 1 is 1.33 bits per heavy atom. The van der Waals surface area contributed by atoms with Crippen molar-refractivity contribution in [1.29, 1.82) is 0 Å². The number of hydrogen-bond acceptors (Lipinski definition) is 2. The number of aliphatic hydroxyl groups is 1. The van der Waals surface area contributed by atoms with Crippen molar-refractivity contribution in [3.8, 4) is 0 Å². The predicted molar refractivity (Wildman–Crippen MR) is 113 cm³/mol. The van der Waals surface area contributed by atoms with Gasteiger partial charge in [-0.3, -0.25) is 4.79 Å². The number of rotatable bonds is 10. The third-order valence-electron chi connectivity index (χ3n) is 5.42. The monoisotopic (exact) mass is 392 g/mol. The van der Waals surface area contributed by atoms with Gasteiger partial charge in [-0.1, -0.05) is 45.7 Å². The molecule has 1 amide bonds. The van der Waals surface area contributed by atoms with Gasteiger partial charge in [0.05, 0.1) is 12.2 Å². The minimum atomic E-state index is -0.0726. The molecule has 1 aromatic heterocycles. The van der Waals surface area contributed by atoms with Crippen LogP contribution in [0.1, 0.15) is 63.7 Å². The van der Waals surface area contributed by atoms with Gasteiger partial charge in [-0.2, -0.15) is 0 Å². The summed E-state index contributed by atoms with van der Waals surface area (Å²) < 4.78 is 1.91. The second-order valence-corrected chi connectivity index (χ2v) is 8.44. The second kappa shape index (κ2) is 9.61. The first kappa shape index (κ1) is 21.8. The van der Waals surface area contributed by atoms with E-state index < -0.39 is 0 Å². The van der Waals surface area contributed by atoms with E-state index >= 15 is 0 Å². The number of hydrogen-bond donors (Lipinski definition) is 2. The lowest BCUT2D eigenvalue weighted by molar-refractivity contribution is 0.0912. The molecule has 1 heterocycles. The van der Waals surface area contributed by atoms with Crippen LogP contribution in [0.5, 0.6) is 0 Å². The summed E-state index contributed by atoms with van der Waals surface area (Å²) in [5.74, 6) is 0.523. The van der Waals surface area contributed by atoms with Gasteiger partial charge in [0.15, 0.2) is 0 Å². The first-order valence-corrected chi connectivity index (χ1v) is 10.4. The summed E-state index contributed by atoms with van der Waals surface area (Å²) in [5.41, 5.74) is 1.67. The maximum atomic E-state index is 13.0. The third-order valence-corrected chi connectivity index (χ3v) is 5.66. The molecule has 0 saturated carbocycles. The Morgan fingerprint density at radius 3 is 2.67 bits per heavy atom. The van der Waals surface area contributed by atoms with Gasteiger partial charge >= 0.3 is 0 Å². The van der Waals surface area contributed by atoms with Gasteiger partial charge in [-0.05, 0) is 48.8 Å². The zero-order valence-electron chi connectivity index (χ0n) is 17.0. The molecule has 4 nitrogen and oxygen atoms in total. The Labute approximate surface area is 167 Å². The van der Waals surface area contributed by atoms with Crippen molar-refractivity contribution < 1.29 is 9.90 Å². The van der Waals surface area contributed by atoms with E-state index in [1.165, 1.54) is 0 Å². The molecule has 0 bridgehead atoms. The van der Waals surface area contributed by atoms with Crippen LogP contribution in [0.2, 0.25) is 5.02 Å². The molecular weight excluding hydrogens is 360 g/mol. The number of carbonyl (C=O) groups excluding carboxylic acids is 1. The van der Waals surface area contributed by atoms with Crippen LogP contribution >= 0.6 is 11.6 Å². The number of aromatic nitrogens is 1. The van der Waals surface area contributed by atoms with Gasteiger partial charge in [0.1, 0.15) is 0 Å². The maximum absolute atomic E-state index is 13.0. The molecule has 2 rings (SSSR count). The van der Waals surface area contributed by atoms with E-state index in [4.69, 9.17) is 11.6 Å². The predicted octanol–water partition coefficient (Wildman–Crippen LogP) is 5.26. The van der Waals surface area contributed by atoms with Crippen LogP contribution in [-0.2, 0) is 6.54 Å². The standard InChI is InChI=1S/C22H33ClN2O2/c1-5-9-22(6-2,13-16(3)4)15-24-21(27)19-14-25(10-11-26)20-8-7-17(23)12-18(19)20/h7-8,12,14,16,26H,5-6,9-11,13,15H2,1-4H3,(H,24,27). The summed E-state index contributed by atoms with van der Waals surface area (Å²) in [7, 11) is 0. The normalized spacial score (nSPS) is 13.9. The summed E-state index contributed by atoms with van der Waals surface area (Å²) in [6, 6.07) is 5.54. The van der Waals surface area contributed by atoms with Gasteiger partial charge in [0, 0.05) is 35.2 Å². The van der Waals surface area contributed by atoms with Gasteiger partial charge in [0.25, 0.3) is 5.91 Å². The Bertz CT molecular complexity index is 769. The lowest BCUT2D eigenvalue weighted by atomic mass is 9.74. The van der Waals surface area contributed by atoms with E-state index in [-0.39, 0.29) is 17.9 Å². The molecule has 0 aliphatic heterocycles. The molecule has 27 heavy (non-hydrogen) atoms. The average molecular weight is 393 g/mol. The lowest BCUT2D eigenvalue weighted by Crippen LogP contribution is -2.38. The fourth-order valence-corrected chi connectivity index (χ4v) is 4.38. The zero-order chi connectivity index (χ0) is 20.0. The fourth-order valence-electron chi connectivity index (χ4n) is 4.21. The largest absolute Gasteiger partial charge is 0.395 e. The number of halogens is 1. The molecule has 1 atom stereocenters. The molecule has 1 aromatic carbocycles. The summed E-state index contributed by atoms with van der Waals surface area (Å²) in [6.45, 7) is 10.1. The van der Waals surface area contributed by atoms with E-state index in [0.717, 1.165) is 36.6 Å². The summed E-state index contributed by atoms with van der Waals surface area (Å²) in [4.78, 5) is 13.0. The Kier molecular flexibility index (Phi) is 7.75. The van der Waals surface area contributed by atoms with Gasteiger partial charge in [-0.15, -0.1) is 0 Å². The number of fused-ring (bicyclic) bond motifs is 1. The highest BCUT2D eigenvalue weighted by molar-refractivity contribution is 6.31. The smallest absolute Gasteiger partial charge is 0.253 e.